The van der Waals surface area contributed by atoms with Crippen LogP contribution in [0.2, 0.25) is 0 Å². The van der Waals surface area contributed by atoms with Gasteiger partial charge < -0.3 is 19.2 Å². The molecule has 0 bridgehead atoms. The highest BCUT2D eigenvalue weighted by molar-refractivity contribution is 7.99. The molecule has 10 heteroatoms. The van der Waals surface area contributed by atoms with Crippen molar-refractivity contribution in [1.29, 1.82) is 0 Å². The van der Waals surface area contributed by atoms with E-state index in [4.69, 9.17) is 13.9 Å². The van der Waals surface area contributed by atoms with Crippen LogP contribution in [0.4, 0.5) is 0 Å². The van der Waals surface area contributed by atoms with Gasteiger partial charge in [0.15, 0.2) is 23.3 Å². The Labute approximate surface area is 149 Å². The molecule has 0 saturated carbocycles. The molecule has 2 heterocycles. The number of carbonyl (C=O) groups is 2. The minimum absolute atomic E-state index is 0.0294. The first-order chi connectivity index (χ1) is 12.2. The first-order valence-electron chi connectivity index (χ1n) is 7.66. The fraction of sp³-hybridized carbons (Fsp3) is 0.467. The first kappa shape index (κ1) is 19.0. The molecular weight excluding hydrogens is 348 g/mol. The van der Waals surface area contributed by atoms with Gasteiger partial charge in [0.1, 0.15) is 0 Å². The second-order valence-corrected chi connectivity index (χ2v) is 5.76. The van der Waals surface area contributed by atoms with Gasteiger partial charge in [-0.1, -0.05) is 11.8 Å². The quantitative estimate of drug-likeness (QED) is 0.375. The van der Waals surface area contributed by atoms with E-state index in [2.05, 4.69) is 15.5 Å². The average Bonchev–Trinajstić information content (AvgIpc) is 3.27. The highest BCUT2D eigenvalue weighted by atomic mass is 32.2. The molecule has 1 amide bonds. The molecule has 0 atom stereocenters. The van der Waals surface area contributed by atoms with E-state index in [0.29, 0.717) is 36.4 Å². The third kappa shape index (κ3) is 5.61. The predicted molar refractivity (Wildman–Crippen MR) is 90.0 cm³/mol. The number of amides is 1. The van der Waals surface area contributed by atoms with Gasteiger partial charge in [0, 0.05) is 20.2 Å². The molecule has 2 rings (SSSR count). The number of ether oxygens (including phenoxy) is 2. The number of nitrogens with zero attached hydrogens (tertiary/aromatic N) is 3. The average molecular weight is 368 g/mol. The Morgan fingerprint density at radius 2 is 2.24 bits per heavy atom. The molecule has 0 aliphatic heterocycles. The minimum Gasteiger partial charge on any atom is -0.461 e. The van der Waals surface area contributed by atoms with E-state index < -0.39 is 5.97 Å². The number of hydrogen-bond acceptors (Lipinski definition) is 8. The SMILES string of the molecule is CCn1c(SCC(=O)OCC(=O)NCCOC)nnc1-c1ccco1. The van der Waals surface area contributed by atoms with Crippen LogP contribution in [-0.2, 0) is 25.6 Å². The van der Waals surface area contributed by atoms with E-state index in [1.54, 1.807) is 18.4 Å². The predicted octanol–water partition coefficient (Wildman–Crippen LogP) is 0.956. The lowest BCUT2D eigenvalue weighted by molar-refractivity contribution is -0.145. The zero-order valence-corrected chi connectivity index (χ0v) is 14.9. The van der Waals surface area contributed by atoms with Crippen LogP contribution in [0.15, 0.2) is 28.0 Å². The van der Waals surface area contributed by atoms with Crippen molar-refractivity contribution >= 4 is 23.6 Å². The number of rotatable bonds is 10. The molecule has 0 aliphatic carbocycles. The summed E-state index contributed by atoms with van der Waals surface area (Å²) in [6.45, 7) is 3.03. The molecule has 0 radical (unpaired) electrons. The van der Waals surface area contributed by atoms with E-state index in [1.165, 1.54) is 18.9 Å². The summed E-state index contributed by atoms with van der Waals surface area (Å²) in [5.41, 5.74) is 0. The van der Waals surface area contributed by atoms with Crippen LogP contribution in [0, 0.1) is 0 Å². The number of carbonyl (C=O) groups excluding carboxylic acids is 2. The third-order valence-electron chi connectivity index (χ3n) is 3.09. The summed E-state index contributed by atoms with van der Waals surface area (Å²) in [6.07, 6.45) is 1.56. The molecule has 1 N–H and O–H groups in total. The van der Waals surface area contributed by atoms with Gasteiger partial charge in [-0.3, -0.25) is 14.2 Å². The van der Waals surface area contributed by atoms with Crippen molar-refractivity contribution in [2.45, 2.75) is 18.6 Å². The number of hydrogen-bond donors (Lipinski definition) is 1. The Balaban J connectivity index is 1.81. The number of furan rings is 1. The van der Waals surface area contributed by atoms with Crippen LogP contribution < -0.4 is 5.32 Å². The lowest BCUT2D eigenvalue weighted by Crippen LogP contribution is -2.31. The highest BCUT2D eigenvalue weighted by Gasteiger charge is 2.17. The summed E-state index contributed by atoms with van der Waals surface area (Å²) in [7, 11) is 1.54. The Morgan fingerprint density at radius 1 is 1.40 bits per heavy atom. The molecule has 0 aromatic carbocycles. The van der Waals surface area contributed by atoms with Crippen molar-refractivity contribution in [3.05, 3.63) is 18.4 Å². The normalized spacial score (nSPS) is 10.6. The van der Waals surface area contributed by atoms with Gasteiger partial charge >= 0.3 is 5.97 Å². The number of nitrogens with one attached hydrogen (secondary N) is 1. The number of aromatic nitrogens is 3. The monoisotopic (exact) mass is 368 g/mol. The molecule has 0 saturated heterocycles. The Hall–Kier alpha value is -2.33. The summed E-state index contributed by atoms with van der Waals surface area (Å²) >= 11 is 1.19. The number of methoxy groups -OCH3 is 1. The molecule has 2 aromatic rings. The van der Waals surface area contributed by atoms with E-state index >= 15 is 0 Å². The first-order valence-corrected chi connectivity index (χ1v) is 8.65. The molecular formula is C15H20N4O5S. The molecule has 0 spiro atoms. The van der Waals surface area contributed by atoms with Crippen LogP contribution in [0.5, 0.6) is 0 Å². The van der Waals surface area contributed by atoms with Crippen LogP contribution in [0.25, 0.3) is 11.6 Å². The van der Waals surface area contributed by atoms with E-state index in [9.17, 15) is 9.59 Å². The molecule has 0 aliphatic rings. The lowest BCUT2D eigenvalue weighted by atomic mass is 10.4. The van der Waals surface area contributed by atoms with Crippen molar-refractivity contribution < 1.29 is 23.5 Å². The second-order valence-electron chi connectivity index (χ2n) is 4.82. The van der Waals surface area contributed by atoms with Gasteiger partial charge in [-0.25, -0.2) is 0 Å². The van der Waals surface area contributed by atoms with Gasteiger partial charge in [-0.15, -0.1) is 10.2 Å². The van der Waals surface area contributed by atoms with Crippen molar-refractivity contribution in [3.63, 3.8) is 0 Å². The molecule has 0 unspecified atom stereocenters. The van der Waals surface area contributed by atoms with Crippen molar-refractivity contribution in [1.82, 2.24) is 20.1 Å². The van der Waals surface area contributed by atoms with Crippen molar-refractivity contribution in [3.8, 4) is 11.6 Å². The smallest absolute Gasteiger partial charge is 0.316 e. The van der Waals surface area contributed by atoms with Gasteiger partial charge in [0.25, 0.3) is 5.91 Å². The maximum Gasteiger partial charge on any atom is 0.316 e. The Kier molecular flexibility index (Phi) is 7.48. The van der Waals surface area contributed by atoms with E-state index in [0.717, 1.165) is 0 Å². The zero-order chi connectivity index (χ0) is 18.1. The lowest BCUT2D eigenvalue weighted by Gasteiger charge is -2.07. The summed E-state index contributed by atoms with van der Waals surface area (Å²) in [5.74, 6) is 0.364. The summed E-state index contributed by atoms with van der Waals surface area (Å²) < 4.78 is 16.9. The van der Waals surface area contributed by atoms with Crippen LogP contribution in [0.3, 0.4) is 0 Å². The number of thioether (sulfide) groups is 1. The van der Waals surface area contributed by atoms with E-state index in [-0.39, 0.29) is 18.3 Å². The molecule has 2 aromatic heterocycles. The summed E-state index contributed by atoms with van der Waals surface area (Å²) in [4.78, 5) is 23.2. The maximum atomic E-state index is 11.8. The Morgan fingerprint density at radius 3 is 2.92 bits per heavy atom. The third-order valence-corrected chi connectivity index (χ3v) is 4.03. The summed E-state index contributed by atoms with van der Waals surface area (Å²) in [5, 5.41) is 11.3. The van der Waals surface area contributed by atoms with Crippen molar-refractivity contribution in [2.75, 3.05) is 32.6 Å². The van der Waals surface area contributed by atoms with Gasteiger partial charge in [0.2, 0.25) is 0 Å². The van der Waals surface area contributed by atoms with Gasteiger partial charge in [-0.05, 0) is 19.1 Å². The molecule has 25 heavy (non-hydrogen) atoms. The summed E-state index contributed by atoms with van der Waals surface area (Å²) in [6, 6.07) is 3.56. The fourth-order valence-corrected chi connectivity index (χ4v) is 2.72. The maximum absolute atomic E-state index is 11.8. The largest absolute Gasteiger partial charge is 0.461 e. The van der Waals surface area contributed by atoms with Gasteiger partial charge in [0.05, 0.1) is 18.6 Å². The van der Waals surface area contributed by atoms with Crippen LogP contribution >= 0.6 is 11.8 Å². The molecule has 0 fully saturated rings. The fourth-order valence-electron chi connectivity index (χ4n) is 1.92. The molecule has 9 nitrogen and oxygen atoms in total. The van der Waals surface area contributed by atoms with Crippen LogP contribution in [-0.4, -0.2) is 59.3 Å². The topological polar surface area (TPSA) is 108 Å². The zero-order valence-electron chi connectivity index (χ0n) is 14.1. The number of esters is 1. The Bertz CT molecular complexity index is 686. The van der Waals surface area contributed by atoms with Gasteiger partial charge in [-0.2, -0.15) is 0 Å². The standard InChI is InChI=1S/C15H20N4O5S/c1-3-19-14(11-5-4-7-23-11)17-18-15(19)25-10-13(21)24-9-12(20)16-6-8-22-2/h4-5,7H,3,6,8-10H2,1-2H3,(H,16,20). The van der Waals surface area contributed by atoms with Crippen LogP contribution in [0.1, 0.15) is 6.92 Å². The minimum atomic E-state index is -0.503. The molecule has 136 valence electrons. The second kappa shape index (κ2) is 9.84. The highest BCUT2D eigenvalue weighted by Crippen LogP contribution is 2.24. The van der Waals surface area contributed by atoms with Crippen molar-refractivity contribution in [2.24, 2.45) is 0 Å². The van der Waals surface area contributed by atoms with E-state index in [1.807, 2.05) is 11.5 Å².